The lowest BCUT2D eigenvalue weighted by molar-refractivity contribution is 0.194. The van der Waals surface area contributed by atoms with Gasteiger partial charge in [-0.1, -0.05) is 23.2 Å². The van der Waals surface area contributed by atoms with E-state index in [2.05, 4.69) is 27.4 Å². The monoisotopic (exact) mass is 443 g/mol. The molecule has 0 bridgehead atoms. The minimum atomic E-state index is 0.631. The zero-order valence-electron chi connectivity index (χ0n) is 16.4. The average molecular weight is 444 g/mol. The first-order valence-corrected chi connectivity index (χ1v) is 10.1. The van der Waals surface area contributed by atoms with Crippen LogP contribution < -0.4 is 16.5 Å². The molecule has 0 fully saturated rings. The number of nitrogens with zero attached hydrogens (tertiary/aromatic N) is 1. The van der Waals surface area contributed by atoms with Gasteiger partial charge in [0.2, 0.25) is 0 Å². The number of nitrogens with two attached hydrogens (primary N) is 1. The summed E-state index contributed by atoms with van der Waals surface area (Å²) in [4.78, 5) is 7.66. The number of hydroxylamine groups is 1. The highest BCUT2D eigenvalue weighted by atomic mass is 35.5. The molecular formula is C22H23Cl2N5O. The van der Waals surface area contributed by atoms with Gasteiger partial charge < -0.3 is 21.2 Å². The Balaban J connectivity index is 0.000000806. The highest BCUT2D eigenvalue weighted by Crippen LogP contribution is 2.33. The number of benzene rings is 3. The minimum Gasteiger partial charge on any atom is -0.390 e. The van der Waals surface area contributed by atoms with Gasteiger partial charge >= 0.3 is 0 Å². The topological polar surface area (TPSA) is 98.5 Å². The Kier molecular flexibility index (Phi) is 7.54. The molecule has 0 atom stereocenters. The van der Waals surface area contributed by atoms with Crippen molar-refractivity contribution in [2.75, 3.05) is 18.9 Å². The fourth-order valence-electron chi connectivity index (χ4n) is 3.27. The number of aliphatic imine (C=N–C) groups is 1. The minimum absolute atomic E-state index is 0.631. The van der Waals surface area contributed by atoms with Crippen molar-refractivity contribution in [2.45, 2.75) is 6.42 Å². The summed E-state index contributed by atoms with van der Waals surface area (Å²) in [6, 6.07) is 17.8. The number of rotatable bonds is 5. The van der Waals surface area contributed by atoms with Crippen molar-refractivity contribution in [3.63, 3.8) is 0 Å². The Morgan fingerprint density at radius 2 is 1.70 bits per heavy atom. The predicted octanol–water partition coefficient (Wildman–Crippen LogP) is 5.50. The quantitative estimate of drug-likeness (QED) is 0.160. The second-order valence-corrected chi connectivity index (χ2v) is 7.41. The van der Waals surface area contributed by atoms with E-state index in [1.54, 1.807) is 5.48 Å². The summed E-state index contributed by atoms with van der Waals surface area (Å²) in [5.74, 6) is 0. The maximum atomic E-state index is 7.32. The third-order valence-corrected chi connectivity index (χ3v) is 4.99. The molecule has 0 radical (unpaired) electrons. The molecular weight excluding hydrogens is 421 g/mol. The van der Waals surface area contributed by atoms with Crippen molar-refractivity contribution < 1.29 is 5.21 Å². The van der Waals surface area contributed by atoms with Crippen molar-refractivity contribution in [3.8, 4) is 0 Å². The number of nitrogens with one attached hydrogen (secondary N) is 3. The molecule has 4 aromatic rings. The first-order chi connectivity index (χ1) is 14.5. The zero-order valence-corrected chi connectivity index (χ0v) is 17.9. The molecule has 3 aromatic carbocycles. The van der Waals surface area contributed by atoms with Crippen molar-refractivity contribution in [1.29, 1.82) is 0 Å². The number of hydrogen-bond acceptors (Lipinski definition) is 4. The summed E-state index contributed by atoms with van der Waals surface area (Å²) in [6.07, 6.45) is 2.12. The van der Waals surface area contributed by atoms with Crippen LogP contribution in [0.4, 0.5) is 11.4 Å². The van der Waals surface area contributed by atoms with Crippen LogP contribution in [0.1, 0.15) is 5.56 Å². The molecule has 0 unspecified atom stereocenters. The van der Waals surface area contributed by atoms with Crippen LogP contribution in [-0.4, -0.2) is 30.1 Å². The number of aromatic nitrogens is 1. The van der Waals surface area contributed by atoms with Gasteiger partial charge in [0.15, 0.2) is 0 Å². The van der Waals surface area contributed by atoms with Gasteiger partial charge in [0.25, 0.3) is 0 Å². The van der Waals surface area contributed by atoms with Crippen LogP contribution in [0, 0.1) is 0 Å². The molecule has 156 valence electrons. The van der Waals surface area contributed by atoms with E-state index in [4.69, 9.17) is 34.1 Å². The fourth-order valence-corrected chi connectivity index (χ4v) is 3.57. The van der Waals surface area contributed by atoms with E-state index in [0.29, 0.717) is 16.6 Å². The van der Waals surface area contributed by atoms with Crippen LogP contribution in [0.2, 0.25) is 10.0 Å². The van der Waals surface area contributed by atoms with Crippen LogP contribution in [0.25, 0.3) is 21.8 Å². The molecule has 8 heteroatoms. The number of H-pyrrole nitrogens is 1. The molecule has 30 heavy (non-hydrogen) atoms. The van der Waals surface area contributed by atoms with Crippen molar-refractivity contribution in [3.05, 3.63) is 70.2 Å². The largest absolute Gasteiger partial charge is 0.390 e. The first-order valence-electron chi connectivity index (χ1n) is 9.33. The van der Waals surface area contributed by atoms with E-state index >= 15 is 0 Å². The van der Waals surface area contributed by atoms with Crippen LogP contribution in [-0.2, 0) is 6.42 Å². The zero-order chi connectivity index (χ0) is 21.5. The van der Waals surface area contributed by atoms with E-state index < -0.39 is 0 Å². The molecule has 6 nitrogen and oxygen atoms in total. The van der Waals surface area contributed by atoms with E-state index in [1.807, 2.05) is 42.5 Å². The first kappa shape index (κ1) is 21.9. The van der Waals surface area contributed by atoms with Gasteiger partial charge in [0.1, 0.15) is 0 Å². The maximum absolute atomic E-state index is 7.32. The van der Waals surface area contributed by atoms with Crippen LogP contribution in [0.3, 0.4) is 0 Å². The van der Waals surface area contributed by atoms with Gasteiger partial charge in [-0.05, 0) is 66.6 Å². The van der Waals surface area contributed by atoms with E-state index in [1.165, 1.54) is 18.9 Å². The van der Waals surface area contributed by atoms with Crippen molar-refractivity contribution in [2.24, 2.45) is 10.7 Å². The van der Waals surface area contributed by atoms with Crippen molar-refractivity contribution in [1.82, 2.24) is 10.5 Å². The Bertz CT molecular complexity index is 1160. The van der Waals surface area contributed by atoms with Crippen LogP contribution in [0.15, 0.2) is 59.6 Å². The molecule has 6 N–H and O–H groups in total. The van der Waals surface area contributed by atoms with Crippen molar-refractivity contribution >= 4 is 62.7 Å². The van der Waals surface area contributed by atoms with Gasteiger partial charge in [0, 0.05) is 56.8 Å². The lowest BCUT2D eigenvalue weighted by Gasteiger charge is -2.10. The number of aromatic amines is 1. The standard InChI is InChI=1S/C21H18Cl2N4.CH5NO/c22-14-1-4-16(5-2-14)26-17-9-13(7-8-25-12-24)21-19(11-17)18-10-15(23)3-6-20(18)27-21;1-2-3/h1-6,9-12,26-27H,7-8H2,(H2,24,25);2-3H,1H3. The summed E-state index contributed by atoms with van der Waals surface area (Å²) < 4.78 is 0. The van der Waals surface area contributed by atoms with Gasteiger partial charge in [-0.2, -0.15) is 0 Å². The third-order valence-electron chi connectivity index (χ3n) is 4.50. The smallest absolute Gasteiger partial charge is 0.0797 e. The second kappa shape index (κ2) is 10.3. The third kappa shape index (κ3) is 5.23. The molecule has 1 aromatic heterocycles. The molecule has 0 aliphatic carbocycles. The number of fused-ring (bicyclic) bond motifs is 3. The Morgan fingerprint density at radius 3 is 2.40 bits per heavy atom. The lowest BCUT2D eigenvalue weighted by Crippen LogP contribution is -1.97. The highest BCUT2D eigenvalue weighted by molar-refractivity contribution is 6.32. The average Bonchev–Trinajstić information content (AvgIpc) is 3.09. The highest BCUT2D eigenvalue weighted by Gasteiger charge is 2.11. The summed E-state index contributed by atoms with van der Waals surface area (Å²) in [7, 11) is 1.43. The summed E-state index contributed by atoms with van der Waals surface area (Å²) in [6.45, 7) is 0.631. The van der Waals surface area contributed by atoms with E-state index in [0.717, 1.165) is 39.6 Å². The van der Waals surface area contributed by atoms with Gasteiger partial charge in [0.05, 0.1) is 6.34 Å². The van der Waals surface area contributed by atoms with E-state index in [9.17, 15) is 0 Å². The fraction of sp³-hybridized carbons (Fsp3) is 0.136. The Morgan fingerprint density at radius 1 is 1.00 bits per heavy atom. The number of hydrogen-bond donors (Lipinski definition) is 5. The lowest BCUT2D eigenvalue weighted by atomic mass is 10.0. The molecule has 0 saturated carbocycles. The van der Waals surface area contributed by atoms with Gasteiger partial charge in [-0.15, -0.1) is 0 Å². The predicted molar refractivity (Wildman–Crippen MR) is 128 cm³/mol. The number of halogens is 2. The molecule has 0 saturated heterocycles. The summed E-state index contributed by atoms with van der Waals surface area (Å²) in [5.41, 5.74) is 12.4. The molecule has 0 aliphatic rings. The molecule has 1 heterocycles. The summed E-state index contributed by atoms with van der Waals surface area (Å²) >= 11 is 12.2. The molecule has 0 aliphatic heterocycles. The molecule has 0 amide bonds. The second-order valence-electron chi connectivity index (χ2n) is 6.53. The van der Waals surface area contributed by atoms with Gasteiger partial charge in [-0.3, -0.25) is 4.99 Å². The SMILES string of the molecule is CNO.NC=NCCc1cc(Nc2ccc(Cl)cc2)cc2c1[nH]c1ccc(Cl)cc12. The van der Waals surface area contributed by atoms with Gasteiger partial charge in [-0.25, -0.2) is 5.48 Å². The normalized spacial score (nSPS) is 11.1. The van der Waals surface area contributed by atoms with Crippen LogP contribution in [0.5, 0.6) is 0 Å². The Labute approximate surface area is 184 Å². The Hall–Kier alpha value is -2.77. The number of anilines is 2. The maximum Gasteiger partial charge on any atom is 0.0797 e. The van der Waals surface area contributed by atoms with E-state index in [-0.39, 0.29) is 0 Å². The molecule has 0 spiro atoms. The summed E-state index contributed by atoms with van der Waals surface area (Å²) in [5, 5.41) is 14.4. The molecule has 4 rings (SSSR count). The van der Waals surface area contributed by atoms with Crippen LogP contribution >= 0.6 is 23.2 Å².